The first kappa shape index (κ1) is 32.2. The minimum Gasteiger partial charge on any atom is -0.247 e. The van der Waals surface area contributed by atoms with Crippen LogP contribution in [-0.4, -0.2) is 4.98 Å². The van der Waals surface area contributed by atoms with Crippen LogP contribution in [0.3, 0.4) is 0 Å². The number of rotatable bonds is 26. The van der Waals surface area contributed by atoms with Gasteiger partial charge in [0.05, 0.1) is 12.0 Å². The van der Waals surface area contributed by atoms with Crippen LogP contribution in [0.2, 0.25) is 0 Å². The molecular formula is C33H65N2+. The number of aromatic amines is 1. The lowest BCUT2D eigenvalue weighted by Crippen LogP contribution is -2.41. The van der Waals surface area contributed by atoms with E-state index in [9.17, 15) is 0 Å². The Hall–Kier alpha value is -0.790. The quantitative estimate of drug-likeness (QED) is 0.0985. The van der Waals surface area contributed by atoms with E-state index in [0.29, 0.717) is 12.0 Å². The molecule has 35 heavy (non-hydrogen) atoms. The average molecular weight is 490 g/mol. The summed E-state index contributed by atoms with van der Waals surface area (Å²) in [4.78, 5) is 3.68. The number of hydrogen-bond acceptors (Lipinski definition) is 0. The van der Waals surface area contributed by atoms with Crippen molar-refractivity contribution in [3.05, 3.63) is 18.2 Å². The number of unbranched alkanes of at least 4 members (excludes halogenated alkanes) is 18. The van der Waals surface area contributed by atoms with Crippen molar-refractivity contribution in [3.63, 3.8) is 0 Å². The largest absolute Gasteiger partial charge is 0.257 e. The Balaban J connectivity index is 2.29. The summed E-state index contributed by atoms with van der Waals surface area (Å²) in [6.45, 7) is 9.40. The lowest BCUT2D eigenvalue weighted by atomic mass is 9.93. The molecule has 206 valence electrons. The summed E-state index contributed by atoms with van der Waals surface area (Å²) in [7, 11) is 0. The zero-order valence-electron chi connectivity index (χ0n) is 24.7. The van der Waals surface area contributed by atoms with E-state index in [-0.39, 0.29) is 0 Å². The second-order valence-corrected chi connectivity index (χ2v) is 11.5. The molecule has 0 radical (unpaired) electrons. The average Bonchev–Trinajstić information content (AvgIpc) is 3.36. The van der Waals surface area contributed by atoms with Crippen molar-refractivity contribution in [2.45, 2.75) is 194 Å². The third kappa shape index (κ3) is 16.6. The minimum absolute atomic E-state index is 0.623. The van der Waals surface area contributed by atoms with Gasteiger partial charge < -0.3 is 0 Å². The van der Waals surface area contributed by atoms with Crippen LogP contribution in [0.4, 0.5) is 0 Å². The fraction of sp³-hybridized carbons (Fsp3) is 0.909. The van der Waals surface area contributed by atoms with Crippen LogP contribution < -0.4 is 4.57 Å². The highest BCUT2D eigenvalue weighted by atomic mass is 15.1. The van der Waals surface area contributed by atoms with Crippen molar-refractivity contribution in [2.24, 2.45) is 0 Å². The number of imidazole rings is 1. The van der Waals surface area contributed by atoms with Gasteiger partial charge in [-0.3, -0.25) is 0 Å². The van der Waals surface area contributed by atoms with E-state index >= 15 is 0 Å². The Labute approximate surface area is 221 Å². The van der Waals surface area contributed by atoms with Crippen LogP contribution in [-0.2, 0) is 0 Å². The normalized spacial score (nSPS) is 13.4. The maximum absolute atomic E-state index is 3.68. The molecule has 0 spiro atoms. The molecule has 0 aromatic carbocycles. The second-order valence-electron chi connectivity index (χ2n) is 11.5. The first-order valence-corrected chi connectivity index (χ1v) is 16.3. The molecule has 0 bridgehead atoms. The molecule has 1 heterocycles. The highest BCUT2D eigenvalue weighted by molar-refractivity contribution is 4.90. The van der Waals surface area contributed by atoms with Crippen LogP contribution in [0.15, 0.2) is 12.4 Å². The number of H-pyrrole nitrogens is 1. The lowest BCUT2D eigenvalue weighted by Gasteiger charge is -2.17. The maximum atomic E-state index is 3.68. The van der Waals surface area contributed by atoms with E-state index in [1.165, 1.54) is 160 Å². The zero-order chi connectivity index (χ0) is 25.4. The first-order chi connectivity index (χ1) is 17.2. The summed E-state index contributed by atoms with van der Waals surface area (Å²) in [5, 5.41) is 0. The van der Waals surface area contributed by atoms with E-state index in [4.69, 9.17) is 0 Å². The van der Waals surface area contributed by atoms with E-state index in [1.807, 2.05) is 0 Å². The molecular weight excluding hydrogens is 424 g/mol. The number of nitrogens with one attached hydrogen (secondary N) is 1. The van der Waals surface area contributed by atoms with E-state index in [1.54, 1.807) is 0 Å². The highest BCUT2D eigenvalue weighted by Gasteiger charge is 2.25. The Morgan fingerprint density at radius 1 is 0.543 bits per heavy atom. The van der Waals surface area contributed by atoms with E-state index in [2.05, 4.69) is 49.6 Å². The Morgan fingerprint density at radius 3 is 1.43 bits per heavy atom. The van der Waals surface area contributed by atoms with Gasteiger partial charge in [-0.15, -0.1) is 0 Å². The van der Waals surface area contributed by atoms with Crippen molar-refractivity contribution < 1.29 is 4.57 Å². The molecule has 0 aliphatic heterocycles. The van der Waals surface area contributed by atoms with Crippen molar-refractivity contribution >= 4 is 0 Å². The third-order valence-electron chi connectivity index (χ3n) is 8.14. The zero-order valence-corrected chi connectivity index (χ0v) is 24.7. The summed E-state index contributed by atoms with van der Waals surface area (Å²) >= 11 is 0. The van der Waals surface area contributed by atoms with Crippen LogP contribution in [0.1, 0.15) is 200 Å². The fourth-order valence-corrected chi connectivity index (χ4v) is 5.71. The molecule has 0 saturated carbocycles. The maximum Gasteiger partial charge on any atom is 0.257 e. The van der Waals surface area contributed by atoms with Gasteiger partial charge in [0, 0.05) is 0 Å². The molecule has 0 amide bonds. The monoisotopic (exact) mass is 490 g/mol. The lowest BCUT2D eigenvalue weighted by molar-refractivity contribution is -0.727. The molecule has 2 unspecified atom stereocenters. The van der Waals surface area contributed by atoms with Crippen LogP contribution in [0, 0.1) is 0 Å². The van der Waals surface area contributed by atoms with Crippen LogP contribution >= 0.6 is 0 Å². The molecule has 0 aliphatic carbocycles. The van der Waals surface area contributed by atoms with Crippen molar-refractivity contribution in [2.75, 3.05) is 0 Å². The molecule has 2 heteroatoms. The molecule has 2 nitrogen and oxygen atoms in total. The Bertz CT molecular complexity index is 549. The fourth-order valence-electron chi connectivity index (χ4n) is 5.71. The van der Waals surface area contributed by atoms with Crippen molar-refractivity contribution in [1.29, 1.82) is 0 Å². The van der Waals surface area contributed by atoms with Crippen LogP contribution in [0.25, 0.3) is 0 Å². The molecule has 1 aromatic heterocycles. The standard InChI is InChI=1S/C33H64N2/c1-5-8-11-13-15-17-18-19-20-22-24-26-31(4)35-30-29-34-33(35)32(27-10-7-3)28-25-23-21-16-14-12-9-6-2/h29-32H,5-28H2,1-4H3/p+1. The summed E-state index contributed by atoms with van der Waals surface area (Å²) < 4.78 is 2.60. The molecule has 0 fully saturated rings. The van der Waals surface area contributed by atoms with Crippen molar-refractivity contribution in [1.82, 2.24) is 4.98 Å². The summed E-state index contributed by atoms with van der Waals surface area (Å²) in [6, 6.07) is 0.623. The van der Waals surface area contributed by atoms with Crippen LogP contribution in [0.5, 0.6) is 0 Å². The predicted molar refractivity (Wildman–Crippen MR) is 156 cm³/mol. The SMILES string of the molecule is CCCCCCCCCCCCCC(C)[n+]1cc[nH]c1C(CCCC)CCCCCCCCCC. The predicted octanol–water partition coefficient (Wildman–Crippen LogP) is 11.4. The second kappa shape index (κ2) is 23.6. The van der Waals surface area contributed by atoms with Gasteiger partial charge in [-0.1, -0.05) is 149 Å². The van der Waals surface area contributed by atoms with Gasteiger partial charge in [0.15, 0.2) is 0 Å². The van der Waals surface area contributed by atoms with Gasteiger partial charge in [-0.2, -0.15) is 0 Å². The summed E-state index contributed by atoms with van der Waals surface area (Å²) in [6.07, 6.45) is 38.3. The number of nitrogens with zero attached hydrogens (tertiary/aromatic N) is 1. The topological polar surface area (TPSA) is 19.7 Å². The highest BCUT2D eigenvalue weighted by Crippen LogP contribution is 2.26. The Kier molecular flexibility index (Phi) is 21.7. The molecule has 2 atom stereocenters. The summed E-state index contributed by atoms with van der Waals surface area (Å²) in [5.41, 5.74) is 0. The smallest absolute Gasteiger partial charge is 0.247 e. The Morgan fingerprint density at radius 2 is 0.943 bits per heavy atom. The summed E-state index contributed by atoms with van der Waals surface area (Å²) in [5.74, 6) is 2.22. The number of hydrogen-bond donors (Lipinski definition) is 1. The molecule has 0 aliphatic rings. The van der Waals surface area contributed by atoms with Crippen molar-refractivity contribution in [3.8, 4) is 0 Å². The van der Waals surface area contributed by atoms with E-state index in [0.717, 1.165) is 0 Å². The van der Waals surface area contributed by atoms with Gasteiger partial charge in [0.1, 0.15) is 12.4 Å². The third-order valence-corrected chi connectivity index (χ3v) is 8.14. The molecule has 0 saturated heterocycles. The van der Waals surface area contributed by atoms with Gasteiger partial charge in [0.25, 0.3) is 5.82 Å². The number of aromatic nitrogens is 2. The minimum atomic E-state index is 0.623. The molecule has 1 aromatic rings. The van der Waals surface area contributed by atoms with Gasteiger partial charge >= 0.3 is 0 Å². The molecule has 1 N–H and O–H groups in total. The van der Waals surface area contributed by atoms with E-state index < -0.39 is 0 Å². The van der Waals surface area contributed by atoms with Gasteiger partial charge in [0.2, 0.25) is 0 Å². The van der Waals surface area contributed by atoms with Gasteiger partial charge in [-0.05, 0) is 32.6 Å². The first-order valence-electron chi connectivity index (χ1n) is 16.3. The molecule has 1 rings (SSSR count). The van der Waals surface area contributed by atoms with Gasteiger partial charge in [-0.25, -0.2) is 9.55 Å².